The molecule has 30 heavy (non-hydrogen) atoms. The molecule has 0 saturated carbocycles. The summed E-state index contributed by atoms with van der Waals surface area (Å²) >= 11 is 0. The number of benzene rings is 4. The van der Waals surface area contributed by atoms with Gasteiger partial charge in [-0.3, -0.25) is 0 Å². The van der Waals surface area contributed by atoms with Gasteiger partial charge in [-0.15, -0.1) is 0 Å². The van der Waals surface area contributed by atoms with Gasteiger partial charge in [0.2, 0.25) is 0 Å². The zero-order chi connectivity index (χ0) is 20.6. The summed E-state index contributed by atoms with van der Waals surface area (Å²) in [7, 11) is 0. The maximum Gasteiger partial charge on any atom is 0.508 e. The van der Waals surface area contributed by atoms with E-state index in [1.807, 2.05) is 84.9 Å². The molecule has 4 rings (SSSR count). The molecule has 4 aromatic rings. The SMILES string of the molecule is O=C(OCCOc1cccc2ccccc12)OCCOc1cccc2ccccc12. The molecule has 0 spiro atoms. The van der Waals surface area contributed by atoms with Crippen LogP contribution in [0.15, 0.2) is 84.9 Å². The zero-order valence-electron chi connectivity index (χ0n) is 16.5. The van der Waals surface area contributed by atoms with Crippen LogP contribution in [0, 0.1) is 0 Å². The zero-order valence-corrected chi connectivity index (χ0v) is 16.5. The van der Waals surface area contributed by atoms with Crippen LogP contribution in [0.5, 0.6) is 11.5 Å². The van der Waals surface area contributed by atoms with E-state index in [2.05, 4.69) is 0 Å². The van der Waals surface area contributed by atoms with Crippen molar-refractivity contribution >= 4 is 27.7 Å². The predicted octanol–water partition coefficient (Wildman–Crippen LogP) is 5.60. The lowest BCUT2D eigenvalue weighted by Crippen LogP contribution is -2.16. The van der Waals surface area contributed by atoms with Gasteiger partial charge in [0.25, 0.3) is 0 Å². The number of rotatable bonds is 8. The molecule has 0 aliphatic heterocycles. The molecule has 0 aliphatic carbocycles. The minimum absolute atomic E-state index is 0.103. The van der Waals surface area contributed by atoms with Crippen molar-refractivity contribution in [2.75, 3.05) is 26.4 Å². The third-order valence-corrected chi connectivity index (χ3v) is 4.62. The molecule has 0 fully saturated rings. The topological polar surface area (TPSA) is 54.0 Å². The highest BCUT2D eigenvalue weighted by molar-refractivity contribution is 5.88. The van der Waals surface area contributed by atoms with Crippen molar-refractivity contribution in [1.82, 2.24) is 0 Å². The van der Waals surface area contributed by atoms with E-state index >= 15 is 0 Å². The Morgan fingerprint density at radius 2 is 0.967 bits per heavy atom. The molecule has 4 aromatic carbocycles. The van der Waals surface area contributed by atoms with Gasteiger partial charge < -0.3 is 18.9 Å². The van der Waals surface area contributed by atoms with Gasteiger partial charge in [0, 0.05) is 10.8 Å². The fourth-order valence-corrected chi connectivity index (χ4v) is 3.24. The third-order valence-electron chi connectivity index (χ3n) is 4.62. The molecule has 0 aliphatic rings. The standard InChI is InChI=1S/C25H22O5/c26-25(29-17-15-27-23-13-5-9-19-7-1-3-11-21(19)23)30-18-16-28-24-14-6-10-20-8-2-4-12-22(20)24/h1-14H,15-18H2. The summed E-state index contributed by atoms with van der Waals surface area (Å²) in [5.41, 5.74) is 0. The van der Waals surface area contributed by atoms with Crippen molar-refractivity contribution in [3.05, 3.63) is 84.9 Å². The summed E-state index contributed by atoms with van der Waals surface area (Å²) < 4.78 is 21.6. The Labute approximate surface area is 174 Å². The van der Waals surface area contributed by atoms with Crippen LogP contribution in [-0.4, -0.2) is 32.6 Å². The van der Waals surface area contributed by atoms with E-state index in [0.29, 0.717) is 0 Å². The quantitative estimate of drug-likeness (QED) is 0.283. The molecule has 0 saturated heterocycles. The second-order valence-electron chi connectivity index (χ2n) is 6.60. The molecule has 0 bridgehead atoms. The first kappa shape index (κ1) is 19.6. The maximum absolute atomic E-state index is 11.7. The summed E-state index contributed by atoms with van der Waals surface area (Å²) in [6.07, 6.45) is -0.738. The van der Waals surface area contributed by atoms with E-state index in [1.54, 1.807) is 0 Å². The van der Waals surface area contributed by atoms with Gasteiger partial charge in [0.15, 0.2) is 0 Å². The number of carbonyl (C=O) groups is 1. The number of ether oxygens (including phenoxy) is 4. The van der Waals surface area contributed by atoms with Crippen LogP contribution < -0.4 is 9.47 Å². The first-order valence-electron chi connectivity index (χ1n) is 9.82. The van der Waals surface area contributed by atoms with E-state index in [0.717, 1.165) is 33.0 Å². The average Bonchev–Trinajstić information content (AvgIpc) is 2.79. The fraction of sp³-hybridized carbons (Fsp3) is 0.160. The highest BCUT2D eigenvalue weighted by atomic mass is 16.7. The van der Waals surface area contributed by atoms with Crippen molar-refractivity contribution in [3.8, 4) is 11.5 Å². The minimum Gasteiger partial charge on any atom is -0.489 e. The maximum atomic E-state index is 11.7. The summed E-state index contributed by atoms with van der Waals surface area (Å²) in [5.74, 6) is 1.52. The van der Waals surface area contributed by atoms with Gasteiger partial charge in [0.1, 0.15) is 37.9 Å². The monoisotopic (exact) mass is 402 g/mol. The average molecular weight is 402 g/mol. The molecule has 0 radical (unpaired) electrons. The molecule has 0 amide bonds. The Morgan fingerprint density at radius 1 is 0.533 bits per heavy atom. The summed E-state index contributed by atoms with van der Waals surface area (Å²) in [6.45, 7) is 0.698. The van der Waals surface area contributed by atoms with Crippen molar-refractivity contribution in [1.29, 1.82) is 0 Å². The molecule has 0 atom stereocenters. The first-order chi connectivity index (χ1) is 14.8. The molecule has 0 aromatic heterocycles. The van der Waals surface area contributed by atoms with E-state index in [9.17, 15) is 4.79 Å². The molecular weight excluding hydrogens is 380 g/mol. The van der Waals surface area contributed by atoms with Gasteiger partial charge in [-0.1, -0.05) is 72.8 Å². The second-order valence-corrected chi connectivity index (χ2v) is 6.60. The van der Waals surface area contributed by atoms with Crippen LogP contribution in [0.4, 0.5) is 4.79 Å². The van der Waals surface area contributed by atoms with Gasteiger partial charge in [-0.25, -0.2) is 4.79 Å². The van der Waals surface area contributed by atoms with Gasteiger partial charge in [0.05, 0.1) is 0 Å². The van der Waals surface area contributed by atoms with Gasteiger partial charge >= 0.3 is 6.16 Å². The largest absolute Gasteiger partial charge is 0.508 e. The van der Waals surface area contributed by atoms with Crippen LogP contribution >= 0.6 is 0 Å². The van der Waals surface area contributed by atoms with Crippen molar-refractivity contribution in [2.24, 2.45) is 0 Å². The lowest BCUT2D eigenvalue weighted by molar-refractivity contribution is 0.0385. The Balaban J connectivity index is 1.17. The van der Waals surface area contributed by atoms with Crippen molar-refractivity contribution in [3.63, 3.8) is 0 Å². The van der Waals surface area contributed by atoms with E-state index in [4.69, 9.17) is 18.9 Å². The highest BCUT2D eigenvalue weighted by Crippen LogP contribution is 2.26. The lowest BCUT2D eigenvalue weighted by Gasteiger charge is -2.11. The third kappa shape index (κ3) is 4.81. The van der Waals surface area contributed by atoms with E-state index < -0.39 is 6.16 Å². The minimum atomic E-state index is -0.738. The van der Waals surface area contributed by atoms with Crippen molar-refractivity contribution in [2.45, 2.75) is 0 Å². The molecule has 5 heteroatoms. The normalized spacial score (nSPS) is 10.7. The summed E-state index contributed by atoms with van der Waals surface area (Å²) in [5, 5.41) is 4.24. The van der Waals surface area contributed by atoms with Gasteiger partial charge in [-0.05, 0) is 22.9 Å². The lowest BCUT2D eigenvalue weighted by atomic mass is 10.1. The van der Waals surface area contributed by atoms with Crippen LogP contribution in [0.2, 0.25) is 0 Å². The Kier molecular flexibility index (Phi) is 6.30. The Bertz CT molecular complexity index is 1040. The number of hydrogen-bond donors (Lipinski definition) is 0. The molecule has 0 N–H and O–H groups in total. The second kappa shape index (κ2) is 9.65. The van der Waals surface area contributed by atoms with Crippen molar-refractivity contribution < 1.29 is 23.7 Å². The smallest absolute Gasteiger partial charge is 0.489 e. The van der Waals surface area contributed by atoms with Gasteiger partial charge in [-0.2, -0.15) is 0 Å². The summed E-state index contributed by atoms with van der Waals surface area (Å²) in [4.78, 5) is 11.7. The molecule has 5 nitrogen and oxygen atoms in total. The first-order valence-corrected chi connectivity index (χ1v) is 9.82. The molecule has 0 heterocycles. The Hall–Kier alpha value is -3.73. The molecule has 0 unspecified atom stereocenters. The number of hydrogen-bond acceptors (Lipinski definition) is 5. The van der Waals surface area contributed by atoms with Crippen LogP contribution in [-0.2, 0) is 9.47 Å². The molecular formula is C25H22O5. The predicted molar refractivity (Wildman–Crippen MR) is 116 cm³/mol. The highest BCUT2D eigenvalue weighted by Gasteiger charge is 2.06. The Morgan fingerprint density at radius 3 is 1.47 bits per heavy atom. The van der Waals surface area contributed by atoms with Crippen LogP contribution in [0.1, 0.15) is 0 Å². The van der Waals surface area contributed by atoms with E-state index in [-0.39, 0.29) is 26.4 Å². The fourth-order valence-electron chi connectivity index (χ4n) is 3.24. The summed E-state index contributed by atoms with van der Waals surface area (Å²) in [6, 6.07) is 27.6. The van der Waals surface area contributed by atoms with Crippen LogP contribution in [0.3, 0.4) is 0 Å². The van der Waals surface area contributed by atoms with E-state index in [1.165, 1.54) is 0 Å². The number of carbonyl (C=O) groups excluding carboxylic acids is 1. The number of fused-ring (bicyclic) bond motifs is 2. The molecule has 152 valence electrons. The van der Waals surface area contributed by atoms with Crippen LogP contribution in [0.25, 0.3) is 21.5 Å².